The molecule has 0 radical (unpaired) electrons. The summed E-state index contributed by atoms with van der Waals surface area (Å²) in [5.41, 5.74) is 1.79. The Balaban J connectivity index is 2.17. The summed E-state index contributed by atoms with van der Waals surface area (Å²) in [6, 6.07) is -0.438. The number of piperidine rings is 1. The molecule has 88 valence electrons. The Morgan fingerprint density at radius 2 is 2.20 bits per heavy atom. The van der Waals surface area contributed by atoms with E-state index in [1.807, 2.05) is 0 Å². The van der Waals surface area contributed by atoms with Crippen molar-refractivity contribution in [2.45, 2.75) is 31.5 Å². The third-order valence-corrected chi connectivity index (χ3v) is 2.04. The summed E-state index contributed by atoms with van der Waals surface area (Å²) < 4.78 is 35.0. The fourth-order valence-corrected chi connectivity index (χ4v) is 1.34. The van der Waals surface area contributed by atoms with Crippen molar-refractivity contribution in [3.8, 4) is 0 Å². The van der Waals surface area contributed by atoms with Gasteiger partial charge in [-0.1, -0.05) is 6.42 Å². The predicted molar refractivity (Wildman–Crippen MR) is 45.8 cm³/mol. The number of amides is 1. The number of halogens is 3. The highest BCUT2D eigenvalue weighted by Gasteiger charge is 2.29. The smallest absolute Gasteiger partial charge is 0.306 e. The second kappa shape index (κ2) is 5.32. The van der Waals surface area contributed by atoms with Crippen molar-refractivity contribution in [1.82, 2.24) is 10.8 Å². The van der Waals surface area contributed by atoms with Crippen LogP contribution in [0.15, 0.2) is 0 Å². The van der Waals surface area contributed by atoms with Crippen LogP contribution in [0, 0.1) is 0 Å². The van der Waals surface area contributed by atoms with Crippen LogP contribution in [-0.2, 0) is 9.63 Å². The second-order valence-corrected chi connectivity index (χ2v) is 3.37. The van der Waals surface area contributed by atoms with Crippen LogP contribution in [0.3, 0.4) is 0 Å². The zero-order chi connectivity index (χ0) is 11.3. The Hall–Kier alpha value is -0.820. The van der Waals surface area contributed by atoms with Gasteiger partial charge in [-0.2, -0.15) is 13.2 Å². The van der Waals surface area contributed by atoms with Gasteiger partial charge in [0.15, 0.2) is 6.61 Å². The summed E-state index contributed by atoms with van der Waals surface area (Å²) in [7, 11) is 0. The minimum atomic E-state index is -4.42. The third kappa shape index (κ3) is 4.98. The molecule has 0 spiro atoms. The van der Waals surface area contributed by atoms with E-state index in [0.29, 0.717) is 13.0 Å². The summed E-state index contributed by atoms with van der Waals surface area (Å²) in [5.74, 6) is -0.543. The van der Waals surface area contributed by atoms with Crippen molar-refractivity contribution in [3.05, 3.63) is 0 Å². The Morgan fingerprint density at radius 3 is 2.73 bits per heavy atom. The number of hydrogen-bond acceptors (Lipinski definition) is 3. The lowest BCUT2D eigenvalue weighted by Gasteiger charge is -2.22. The molecule has 0 aromatic carbocycles. The topological polar surface area (TPSA) is 50.4 Å². The number of hydrogen-bond donors (Lipinski definition) is 2. The first kappa shape index (κ1) is 12.3. The van der Waals surface area contributed by atoms with Gasteiger partial charge in [-0.3, -0.25) is 9.63 Å². The molecule has 0 saturated carbocycles. The minimum absolute atomic E-state index is 0.438. The fraction of sp³-hybridized carbons (Fsp3) is 0.875. The van der Waals surface area contributed by atoms with Crippen molar-refractivity contribution < 1.29 is 22.8 Å². The van der Waals surface area contributed by atoms with Crippen LogP contribution in [0.4, 0.5) is 13.2 Å². The molecule has 1 heterocycles. The molecule has 1 rings (SSSR count). The largest absolute Gasteiger partial charge is 0.414 e. The first-order valence-electron chi connectivity index (χ1n) is 4.71. The molecule has 0 unspecified atom stereocenters. The number of rotatable bonds is 3. The van der Waals surface area contributed by atoms with Crippen molar-refractivity contribution in [2.24, 2.45) is 0 Å². The Kier molecular flexibility index (Phi) is 4.34. The van der Waals surface area contributed by atoms with E-state index < -0.39 is 24.7 Å². The predicted octanol–water partition coefficient (Wildman–Crippen LogP) is 0.739. The number of nitrogens with one attached hydrogen (secondary N) is 2. The molecular weight excluding hydrogens is 213 g/mol. The highest BCUT2D eigenvalue weighted by Crippen LogP contribution is 2.13. The normalized spacial score (nSPS) is 22.5. The van der Waals surface area contributed by atoms with Crippen molar-refractivity contribution in [3.63, 3.8) is 0 Å². The van der Waals surface area contributed by atoms with Crippen LogP contribution in [0.1, 0.15) is 19.3 Å². The summed E-state index contributed by atoms with van der Waals surface area (Å²) in [6.07, 6.45) is -1.92. The molecule has 4 nitrogen and oxygen atoms in total. The van der Waals surface area contributed by atoms with Crippen molar-refractivity contribution >= 4 is 5.91 Å². The standard InChI is InChI=1S/C8H13F3N2O2/c9-8(10,11)5-15-13-7(14)6-3-1-2-4-12-6/h6,12H,1-5H2,(H,13,14)/t6-/m1/s1. The molecule has 1 fully saturated rings. The van der Waals surface area contributed by atoms with E-state index in [1.54, 1.807) is 5.48 Å². The van der Waals surface area contributed by atoms with E-state index >= 15 is 0 Å². The van der Waals surface area contributed by atoms with Crippen LogP contribution in [0.5, 0.6) is 0 Å². The molecule has 7 heteroatoms. The maximum Gasteiger partial charge on any atom is 0.414 e. The Morgan fingerprint density at radius 1 is 1.47 bits per heavy atom. The monoisotopic (exact) mass is 226 g/mol. The SMILES string of the molecule is O=C(NOCC(F)(F)F)[C@H]1CCCCN1. The molecule has 1 saturated heterocycles. The fourth-order valence-electron chi connectivity index (χ4n) is 1.34. The molecule has 0 bridgehead atoms. The van der Waals surface area contributed by atoms with E-state index in [-0.39, 0.29) is 0 Å². The average Bonchev–Trinajstić information content (AvgIpc) is 2.17. The molecule has 1 aliphatic heterocycles. The molecule has 0 aromatic heterocycles. The van der Waals surface area contributed by atoms with E-state index in [1.165, 1.54) is 0 Å². The van der Waals surface area contributed by atoms with Crippen molar-refractivity contribution in [2.75, 3.05) is 13.2 Å². The molecule has 1 atom stereocenters. The molecule has 0 aromatic rings. The second-order valence-electron chi connectivity index (χ2n) is 3.37. The number of carbonyl (C=O) groups is 1. The zero-order valence-electron chi connectivity index (χ0n) is 8.06. The first-order chi connectivity index (χ1) is 6.99. The lowest BCUT2D eigenvalue weighted by molar-refractivity contribution is -0.192. The van der Waals surface area contributed by atoms with Crippen LogP contribution in [0.2, 0.25) is 0 Å². The highest BCUT2D eigenvalue weighted by atomic mass is 19.4. The van der Waals surface area contributed by atoms with Crippen LogP contribution in [0.25, 0.3) is 0 Å². The van der Waals surface area contributed by atoms with Gasteiger partial charge in [0.2, 0.25) is 0 Å². The van der Waals surface area contributed by atoms with Crippen molar-refractivity contribution in [1.29, 1.82) is 0 Å². The van der Waals surface area contributed by atoms with Crippen LogP contribution >= 0.6 is 0 Å². The van der Waals surface area contributed by atoms with E-state index in [2.05, 4.69) is 10.2 Å². The Labute approximate surface area is 85.1 Å². The van der Waals surface area contributed by atoms with Crippen LogP contribution < -0.4 is 10.8 Å². The summed E-state index contributed by atoms with van der Waals surface area (Å²) >= 11 is 0. The van der Waals surface area contributed by atoms with Crippen LogP contribution in [-0.4, -0.2) is 31.3 Å². The van der Waals surface area contributed by atoms with Gasteiger partial charge in [0.25, 0.3) is 5.91 Å². The maximum atomic E-state index is 11.7. The molecule has 0 aliphatic carbocycles. The third-order valence-electron chi connectivity index (χ3n) is 2.04. The molecular formula is C8H13F3N2O2. The lowest BCUT2D eigenvalue weighted by Crippen LogP contribution is -2.47. The molecule has 2 N–H and O–H groups in total. The van der Waals surface area contributed by atoms with E-state index in [4.69, 9.17) is 0 Å². The number of alkyl halides is 3. The maximum absolute atomic E-state index is 11.7. The van der Waals surface area contributed by atoms with Gasteiger partial charge in [-0.25, -0.2) is 5.48 Å². The number of hydroxylamine groups is 1. The van der Waals surface area contributed by atoms with Gasteiger partial charge in [0, 0.05) is 0 Å². The first-order valence-corrected chi connectivity index (χ1v) is 4.71. The minimum Gasteiger partial charge on any atom is -0.306 e. The van der Waals surface area contributed by atoms with Gasteiger partial charge in [0.1, 0.15) is 0 Å². The van der Waals surface area contributed by atoms with E-state index in [9.17, 15) is 18.0 Å². The number of carbonyl (C=O) groups excluding carboxylic acids is 1. The van der Waals surface area contributed by atoms with Gasteiger partial charge >= 0.3 is 6.18 Å². The van der Waals surface area contributed by atoms with Gasteiger partial charge in [-0.15, -0.1) is 0 Å². The molecule has 1 amide bonds. The highest BCUT2D eigenvalue weighted by molar-refractivity contribution is 5.80. The van der Waals surface area contributed by atoms with Gasteiger partial charge in [0.05, 0.1) is 6.04 Å². The zero-order valence-corrected chi connectivity index (χ0v) is 8.06. The molecule has 1 aliphatic rings. The summed E-state index contributed by atoms with van der Waals surface area (Å²) in [4.78, 5) is 15.3. The Bertz CT molecular complexity index is 214. The molecule has 15 heavy (non-hydrogen) atoms. The average molecular weight is 226 g/mol. The quantitative estimate of drug-likeness (QED) is 0.698. The van der Waals surface area contributed by atoms with Gasteiger partial charge in [-0.05, 0) is 19.4 Å². The van der Waals surface area contributed by atoms with Gasteiger partial charge < -0.3 is 5.32 Å². The summed E-state index contributed by atoms with van der Waals surface area (Å²) in [6.45, 7) is -0.761. The van der Waals surface area contributed by atoms with E-state index in [0.717, 1.165) is 12.8 Å². The summed E-state index contributed by atoms with van der Waals surface area (Å²) in [5, 5.41) is 2.89. The lowest BCUT2D eigenvalue weighted by atomic mass is 10.1.